The quantitative estimate of drug-likeness (QED) is 0.839. The molecule has 24 heavy (non-hydrogen) atoms. The monoisotopic (exact) mass is 347 g/mol. The molecule has 0 N–H and O–H groups in total. The van der Waals surface area contributed by atoms with Gasteiger partial charge in [0.2, 0.25) is 0 Å². The summed E-state index contributed by atoms with van der Waals surface area (Å²) in [6, 6.07) is 9.08. The van der Waals surface area contributed by atoms with Gasteiger partial charge in [0.05, 0.1) is 10.6 Å². The first-order chi connectivity index (χ1) is 11.3. The fourth-order valence-electron chi connectivity index (χ4n) is 3.05. The molecule has 0 saturated heterocycles. The van der Waals surface area contributed by atoms with Crippen LogP contribution in [0.5, 0.6) is 0 Å². The number of rotatable bonds is 2. The van der Waals surface area contributed by atoms with Crippen LogP contribution in [0.25, 0.3) is 0 Å². The lowest BCUT2D eigenvalue weighted by Crippen LogP contribution is -2.35. The van der Waals surface area contributed by atoms with Crippen LogP contribution in [0.4, 0.5) is 10.1 Å². The minimum Gasteiger partial charge on any atom is -0.308 e. The summed E-state index contributed by atoms with van der Waals surface area (Å²) in [7, 11) is -3.42. The molecule has 3 rings (SSSR count). The summed E-state index contributed by atoms with van der Waals surface area (Å²) in [6.45, 7) is 2.17. The summed E-state index contributed by atoms with van der Waals surface area (Å²) >= 11 is 0. The van der Waals surface area contributed by atoms with E-state index in [-0.39, 0.29) is 16.4 Å². The van der Waals surface area contributed by atoms with E-state index in [0.29, 0.717) is 17.8 Å². The van der Waals surface area contributed by atoms with Crippen molar-refractivity contribution in [3.8, 4) is 0 Å². The molecule has 2 aromatic carbocycles. The summed E-state index contributed by atoms with van der Waals surface area (Å²) in [6.07, 6.45) is 2.70. The van der Waals surface area contributed by atoms with Gasteiger partial charge in [-0.05, 0) is 55.2 Å². The van der Waals surface area contributed by atoms with E-state index in [1.165, 1.54) is 23.1 Å². The van der Waals surface area contributed by atoms with Crippen LogP contribution in [0.1, 0.15) is 27.9 Å². The van der Waals surface area contributed by atoms with Crippen molar-refractivity contribution in [2.75, 3.05) is 17.7 Å². The number of aryl methyl sites for hydroxylation is 2. The first-order valence-electron chi connectivity index (χ1n) is 7.68. The van der Waals surface area contributed by atoms with Gasteiger partial charge in [-0.3, -0.25) is 4.79 Å². The SMILES string of the molecule is Cc1ccc(C(=O)N2CCCc3ccc(F)cc32)cc1S(C)(=O)=O. The van der Waals surface area contributed by atoms with Gasteiger partial charge in [-0.2, -0.15) is 0 Å². The molecule has 0 saturated carbocycles. The topological polar surface area (TPSA) is 54.5 Å². The van der Waals surface area contributed by atoms with Gasteiger partial charge in [-0.1, -0.05) is 12.1 Å². The first-order valence-corrected chi connectivity index (χ1v) is 9.57. The molecule has 0 aromatic heterocycles. The maximum atomic E-state index is 13.6. The van der Waals surface area contributed by atoms with E-state index in [0.717, 1.165) is 24.7 Å². The van der Waals surface area contributed by atoms with Crippen LogP contribution in [0.15, 0.2) is 41.3 Å². The minimum absolute atomic E-state index is 0.143. The van der Waals surface area contributed by atoms with Crippen LogP contribution >= 0.6 is 0 Å². The molecule has 0 unspecified atom stereocenters. The van der Waals surface area contributed by atoms with Crippen molar-refractivity contribution in [1.29, 1.82) is 0 Å². The Balaban J connectivity index is 2.04. The number of benzene rings is 2. The summed E-state index contributed by atoms with van der Waals surface area (Å²) in [5.74, 6) is -0.708. The van der Waals surface area contributed by atoms with Gasteiger partial charge >= 0.3 is 0 Å². The molecular weight excluding hydrogens is 329 g/mol. The molecule has 1 amide bonds. The summed E-state index contributed by atoms with van der Waals surface area (Å²) in [4.78, 5) is 14.5. The van der Waals surface area contributed by atoms with Gasteiger partial charge < -0.3 is 4.90 Å². The fraction of sp³-hybridized carbons (Fsp3) is 0.278. The van der Waals surface area contributed by atoms with Crippen LogP contribution in [0.3, 0.4) is 0 Å². The minimum atomic E-state index is -3.42. The third-order valence-electron chi connectivity index (χ3n) is 4.25. The Morgan fingerprint density at radius 3 is 2.62 bits per heavy atom. The predicted molar refractivity (Wildman–Crippen MR) is 90.7 cm³/mol. The second-order valence-corrected chi connectivity index (χ2v) is 8.07. The number of amides is 1. The van der Waals surface area contributed by atoms with Crippen LogP contribution in [0, 0.1) is 12.7 Å². The van der Waals surface area contributed by atoms with Crippen LogP contribution in [-0.4, -0.2) is 27.1 Å². The molecule has 0 aliphatic carbocycles. The molecule has 1 aliphatic heterocycles. The van der Waals surface area contributed by atoms with Crippen molar-refractivity contribution in [1.82, 2.24) is 0 Å². The molecule has 0 fully saturated rings. The maximum Gasteiger partial charge on any atom is 0.258 e. The van der Waals surface area contributed by atoms with Gasteiger partial charge in [0.15, 0.2) is 9.84 Å². The van der Waals surface area contributed by atoms with E-state index in [1.54, 1.807) is 25.1 Å². The summed E-state index contributed by atoms with van der Waals surface area (Å²) in [5.41, 5.74) is 2.37. The molecule has 1 aliphatic rings. The molecule has 0 spiro atoms. The Kier molecular flexibility index (Phi) is 4.17. The highest BCUT2D eigenvalue weighted by molar-refractivity contribution is 7.90. The lowest BCUT2D eigenvalue weighted by Gasteiger charge is -2.29. The Morgan fingerprint density at radius 1 is 1.17 bits per heavy atom. The Hall–Kier alpha value is -2.21. The van der Waals surface area contributed by atoms with Gasteiger partial charge in [-0.15, -0.1) is 0 Å². The molecule has 4 nitrogen and oxygen atoms in total. The van der Waals surface area contributed by atoms with Crippen LogP contribution < -0.4 is 4.90 Å². The standard InChI is InChI=1S/C18H18FNO3S/c1-12-5-6-14(10-17(12)24(2,22)23)18(21)20-9-3-4-13-7-8-15(19)11-16(13)20/h5-8,10-11H,3-4,9H2,1-2H3. The number of halogens is 1. The number of hydrogen-bond donors (Lipinski definition) is 0. The van der Waals surface area contributed by atoms with E-state index in [9.17, 15) is 17.6 Å². The number of carbonyl (C=O) groups excluding carboxylic acids is 1. The highest BCUT2D eigenvalue weighted by Gasteiger charge is 2.25. The van der Waals surface area contributed by atoms with Crippen LogP contribution in [0.2, 0.25) is 0 Å². The number of sulfone groups is 1. The van der Waals surface area contributed by atoms with E-state index in [1.807, 2.05) is 0 Å². The third kappa shape index (κ3) is 3.06. The molecule has 6 heteroatoms. The lowest BCUT2D eigenvalue weighted by molar-refractivity contribution is 0.0985. The van der Waals surface area contributed by atoms with Crippen molar-refractivity contribution in [2.24, 2.45) is 0 Å². The third-order valence-corrected chi connectivity index (χ3v) is 5.48. The predicted octanol–water partition coefficient (Wildman–Crippen LogP) is 3.13. The second kappa shape index (κ2) is 6.02. The average Bonchev–Trinajstić information content (AvgIpc) is 2.53. The van der Waals surface area contributed by atoms with E-state index < -0.39 is 15.7 Å². The molecule has 0 atom stereocenters. The largest absolute Gasteiger partial charge is 0.308 e. The summed E-state index contributed by atoms with van der Waals surface area (Å²) < 4.78 is 37.3. The molecule has 126 valence electrons. The Morgan fingerprint density at radius 2 is 1.92 bits per heavy atom. The highest BCUT2D eigenvalue weighted by atomic mass is 32.2. The van der Waals surface area contributed by atoms with E-state index in [2.05, 4.69) is 0 Å². The molecular formula is C18H18FNO3S. The molecule has 0 bridgehead atoms. The van der Waals surface area contributed by atoms with Gasteiger partial charge in [0.1, 0.15) is 5.82 Å². The highest BCUT2D eigenvalue weighted by Crippen LogP contribution is 2.30. The number of fused-ring (bicyclic) bond motifs is 1. The zero-order valence-corrected chi connectivity index (χ0v) is 14.4. The number of carbonyl (C=O) groups is 1. The van der Waals surface area contributed by atoms with Crippen molar-refractivity contribution >= 4 is 21.4 Å². The fourth-order valence-corrected chi connectivity index (χ4v) is 4.04. The number of nitrogens with zero attached hydrogens (tertiary/aromatic N) is 1. The van der Waals surface area contributed by atoms with Gasteiger partial charge in [0.25, 0.3) is 5.91 Å². The lowest BCUT2D eigenvalue weighted by atomic mass is 10.0. The zero-order chi connectivity index (χ0) is 17.5. The number of anilines is 1. The smallest absolute Gasteiger partial charge is 0.258 e. The molecule has 0 radical (unpaired) electrons. The normalized spacial score (nSPS) is 14.4. The molecule has 2 aromatic rings. The van der Waals surface area contributed by atoms with Crippen LogP contribution in [-0.2, 0) is 16.3 Å². The first kappa shape index (κ1) is 16.6. The maximum absolute atomic E-state index is 13.6. The Labute approximate surface area is 140 Å². The van der Waals surface area contributed by atoms with Gasteiger partial charge in [0, 0.05) is 18.4 Å². The zero-order valence-electron chi connectivity index (χ0n) is 13.5. The van der Waals surface area contributed by atoms with Crippen molar-refractivity contribution in [3.05, 3.63) is 58.9 Å². The Bertz CT molecular complexity index is 922. The molecule has 1 heterocycles. The van der Waals surface area contributed by atoms with E-state index in [4.69, 9.17) is 0 Å². The number of hydrogen-bond acceptors (Lipinski definition) is 3. The second-order valence-electron chi connectivity index (χ2n) is 6.09. The van der Waals surface area contributed by atoms with Crippen molar-refractivity contribution < 1.29 is 17.6 Å². The van der Waals surface area contributed by atoms with Crippen molar-refractivity contribution in [2.45, 2.75) is 24.7 Å². The van der Waals surface area contributed by atoms with Gasteiger partial charge in [-0.25, -0.2) is 12.8 Å². The summed E-state index contributed by atoms with van der Waals surface area (Å²) in [5, 5.41) is 0. The average molecular weight is 347 g/mol. The van der Waals surface area contributed by atoms with Crippen molar-refractivity contribution in [3.63, 3.8) is 0 Å². The van der Waals surface area contributed by atoms with E-state index >= 15 is 0 Å².